The summed E-state index contributed by atoms with van der Waals surface area (Å²) in [6.45, 7) is 2.19. The predicted octanol–water partition coefficient (Wildman–Crippen LogP) is 5.01. The van der Waals surface area contributed by atoms with Gasteiger partial charge in [0.05, 0.1) is 0 Å². The van der Waals surface area contributed by atoms with E-state index in [-0.39, 0.29) is 0 Å². The van der Waals surface area contributed by atoms with Crippen molar-refractivity contribution < 1.29 is 0 Å². The summed E-state index contributed by atoms with van der Waals surface area (Å²) in [4.78, 5) is 0. The normalized spacial score (nSPS) is 16.1. The molecule has 106 valence electrons. The Hall–Kier alpha value is -0.780. The molecule has 1 aromatic heterocycles. The first kappa shape index (κ1) is 14.2. The third kappa shape index (κ3) is 3.65. The Bertz CT molecular complexity index is 566. The van der Waals surface area contributed by atoms with Gasteiger partial charge in [-0.25, -0.2) is 0 Å². The molecule has 0 spiro atoms. The minimum absolute atomic E-state index is 0.397. The van der Waals surface area contributed by atoms with Crippen molar-refractivity contribution in [1.82, 2.24) is 10.2 Å². The molecule has 0 bridgehead atoms. The van der Waals surface area contributed by atoms with Crippen molar-refractivity contribution in [1.29, 1.82) is 0 Å². The van der Waals surface area contributed by atoms with Crippen LogP contribution in [0.15, 0.2) is 28.6 Å². The van der Waals surface area contributed by atoms with Gasteiger partial charge in [0.1, 0.15) is 0 Å². The average Bonchev–Trinajstić information content (AvgIpc) is 3.15. The second-order valence-electron chi connectivity index (χ2n) is 4.86. The Kier molecular flexibility index (Phi) is 4.48. The molecule has 0 unspecified atom stereocenters. The third-order valence-corrected chi connectivity index (χ3v) is 5.78. The Morgan fingerprint density at radius 3 is 2.75 bits per heavy atom. The van der Waals surface area contributed by atoms with E-state index in [1.165, 1.54) is 18.4 Å². The molecule has 20 heavy (non-hydrogen) atoms. The summed E-state index contributed by atoms with van der Waals surface area (Å²) < 4.78 is 1.02. The molecular formula is C14H16ClN3S2. The SMILES string of the molecule is CC[C@@H](Sc1nnc(NC2CC2)s1)c1ccc(Cl)cc1. The van der Waals surface area contributed by atoms with E-state index in [2.05, 4.69) is 34.6 Å². The Morgan fingerprint density at radius 1 is 1.35 bits per heavy atom. The molecule has 0 amide bonds. The van der Waals surface area contributed by atoms with Crippen LogP contribution in [-0.2, 0) is 0 Å². The third-order valence-electron chi connectivity index (χ3n) is 3.17. The van der Waals surface area contributed by atoms with Crippen molar-refractivity contribution in [3.8, 4) is 0 Å². The number of hydrogen-bond acceptors (Lipinski definition) is 5. The standard InChI is InChI=1S/C14H16ClN3S2/c1-2-12(9-3-5-10(15)6-4-9)19-14-18-17-13(20-14)16-11-7-8-11/h3-6,11-12H,2,7-8H2,1H3,(H,16,17)/t12-/m1/s1. The number of thioether (sulfide) groups is 1. The first-order valence-corrected chi connectivity index (χ1v) is 8.84. The van der Waals surface area contributed by atoms with Crippen LogP contribution in [0.4, 0.5) is 5.13 Å². The molecule has 6 heteroatoms. The smallest absolute Gasteiger partial charge is 0.206 e. The lowest BCUT2D eigenvalue weighted by atomic mass is 10.1. The zero-order valence-electron chi connectivity index (χ0n) is 11.2. The number of rotatable bonds is 6. The maximum Gasteiger partial charge on any atom is 0.206 e. The number of hydrogen-bond donors (Lipinski definition) is 1. The Balaban J connectivity index is 1.67. The minimum atomic E-state index is 0.397. The van der Waals surface area contributed by atoms with Crippen LogP contribution < -0.4 is 5.32 Å². The maximum atomic E-state index is 5.94. The van der Waals surface area contributed by atoms with Crippen LogP contribution in [0, 0.1) is 0 Å². The molecule has 2 aromatic rings. The number of halogens is 1. The summed E-state index contributed by atoms with van der Waals surface area (Å²) in [7, 11) is 0. The quantitative estimate of drug-likeness (QED) is 0.758. The highest BCUT2D eigenvalue weighted by Crippen LogP contribution is 2.40. The predicted molar refractivity (Wildman–Crippen MR) is 86.9 cm³/mol. The topological polar surface area (TPSA) is 37.8 Å². The highest BCUT2D eigenvalue weighted by atomic mass is 35.5. The van der Waals surface area contributed by atoms with Crippen LogP contribution in [0.2, 0.25) is 5.02 Å². The van der Waals surface area contributed by atoms with Gasteiger partial charge in [0.2, 0.25) is 5.13 Å². The summed E-state index contributed by atoms with van der Waals surface area (Å²) in [5.41, 5.74) is 1.29. The van der Waals surface area contributed by atoms with E-state index in [0.717, 1.165) is 20.9 Å². The molecule has 1 aliphatic rings. The average molecular weight is 326 g/mol. The lowest BCUT2D eigenvalue weighted by Crippen LogP contribution is -1.99. The highest BCUT2D eigenvalue weighted by Gasteiger charge is 2.23. The van der Waals surface area contributed by atoms with Gasteiger partial charge in [-0.05, 0) is 37.0 Å². The minimum Gasteiger partial charge on any atom is -0.357 e. The zero-order valence-corrected chi connectivity index (χ0v) is 13.6. The zero-order chi connectivity index (χ0) is 13.9. The van der Waals surface area contributed by atoms with Crippen LogP contribution in [0.1, 0.15) is 37.0 Å². The molecule has 1 fully saturated rings. The second kappa shape index (κ2) is 6.33. The van der Waals surface area contributed by atoms with Crippen LogP contribution in [0.3, 0.4) is 0 Å². The van der Waals surface area contributed by atoms with Crippen molar-refractivity contribution in [2.24, 2.45) is 0 Å². The number of aromatic nitrogens is 2. The van der Waals surface area contributed by atoms with Crippen molar-refractivity contribution in [3.05, 3.63) is 34.9 Å². The van der Waals surface area contributed by atoms with Crippen molar-refractivity contribution >= 4 is 39.8 Å². The van der Waals surface area contributed by atoms with Gasteiger partial charge in [0, 0.05) is 16.3 Å². The number of benzene rings is 1. The molecule has 0 saturated heterocycles. The molecule has 3 nitrogen and oxygen atoms in total. The second-order valence-corrected chi connectivity index (χ2v) is 7.72. The van der Waals surface area contributed by atoms with Gasteiger partial charge in [0.25, 0.3) is 0 Å². The highest BCUT2D eigenvalue weighted by molar-refractivity contribution is 8.01. The molecule has 1 aliphatic carbocycles. The molecule has 0 radical (unpaired) electrons. The maximum absolute atomic E-state index is 5.94. The van der Waals surface area contributed by atoms with Gasteiger partial charge >= 0.3 is 0 Å². The van der Waals surface area contributed by atoms with Crippen molar-refractivity contribution in [2.75, 3.05) is 5.32 Å². The molecule has 1 aromatic carbocycles. The van der Waals surface area contributed by atoms with Crippen LogP contribution in [-0.4, -0.2) is 16.2 Å². The van der Waals surface area contributed by atoms with E-state index in [0.29, 0.717) is 11.3 Å². The van der Waals surface area contributed by atoms with E-state index < -0.39 is 0 Å². The summed E-state index contributed by atoms with van der Waals surface area (Å²) in [5.74, 6) is 0. The summed E-state index contributed by atoms with van der Waals surface area (Å²) in [5, 5.41) is 14.0. The molecule has 1 N–H and O–H groups in total. The molecule has 1 saturated carbocycles. The van der Waals surface area contributed by atoms with Crippen LogP contribution >= 0.6 is 34.7 Å². The van der Waals surface area contributed by atoms with E-state index in [1.807, 2.05) is 12.1 Å². The van der Waals surface area contributed by atoms with Crippen molar-refractivity contribution in [2.45, 2.75) is 41.8 Å². The Labute approximate surface area is 132 Å². The fourth-order valence-corrected chi connectivity index (χ4v) is 4.15. The first-order chi connectivity index (χ1) is 9.74. The van der Waals surface area contributed by atoms with Gasteiger partial charge in [-0.1, -0.05) is 53.8 Å². The van der Waals surface area contributed by atoms with E-state index >= 15 is 0 Å². The van der Waals surface area contributed by atoms with E-state index in [1.54, 1.807) is 23.1 Å². The van der Waals surface area contributed by atoms with Gasteiger partial charge < -0.3 is 5.32 Å². The molecule has 0 aliphatic heterocycles. The molecule has 1 heterocycles. The molecule has 3 rings (SSSR count). The van der Waals surface area contributed by atoms with E-state index in [4.69, 9.17) is 11.6 Å². The molecule has 1 atom stereocenters. The Morgan fingerprint density at radius 2 is 2.10 bits per heavy atom. The first-order valence-electron chi connectivity index (χ1n) is 6.76. The fourth-order valence-electron chi connectivity index (χ4n) is 1.90. The number of anilines is 1. The summed E-state index contributed by atoms with van der Waals surface area (Å²) in [6.07, 6.45) is 3.56. The van der Waals surface area contributed by atoms with Gasteiger partial charge in [-0.3, -0.25) is 0 Å². The molecular weight excluding hydrogens is 310 g/mol. The van der Waals surface area contributed by atoms with Gasteiger partial charge in [0.15, 0.2) is 4.34 Å². The monoisotopic (exact) mass is 325 g/mol. The van der Waals surface area contributed by atoms with Crippen LogP contribution in [0.5, 0.6) is 0 Å². The van der Waals surface area contributed by atoms with Crippen molar-refractivity contribution in [3.63, 3.8) is 0 Å². The lowest BCUT2D eigenvalue weighted by molar-refractivity contribution is 0.889. The number of nitrogens with one attached hydrogen (secondary N) is 1. The largest absolute Gasteiger partial charge is 0.357 e. The summed E-state index contributed by atoms with van der Waals surface area (Å²) >= 11 is 9.37. The van der Waals surface area contributed by atoms with E-state index in [9.17, 15) is 0 Å². The van der Waals surface area contributed by atoms with Crippen LogP contribution in [0.25, 0.3) is 0 Å². The number of nitrogens with zero attached hydrogens (tertiary/aromatic N) is 2. The van der Waals surface area contributed by atoms with Gasteiger partial charge in [-0.2, -0.15) is 0 Å². The lowest BCUT2D eigenvalue weighted by Gasteiger charge is -2.12. The fraction of sp³-hybridized carbons (Fsp3) is 0.429. The summed E-state index contributed by atoms with van der Waals surface area (Å²) in [6, 6.07) is 8.70. The van der Waals surface area contributed by atoms with Gasteiger partial charge in [-0.15, -0.1) is 10.2 Å².